The maximum Gasteiger partial charge on any atom is 0.121 e. The predicted molar refractivity (Wildman–Crippen MR) is 53.5 cm³/mol. The lowest BCUT2D eigenvalue weighted by Gasteiger charge is -2.26. The quantitative estimate of drug-likeness (QED) is 0.619. The molecule has 3 heteroatoms. The summed E-state index contributed by atoms with van der Waals surface area (Å²) in [5.41, 5.74) is 2.49. The minimum atomic E-state index is 0.377. The van der Waals surface area contributed by atoms with E-state index in [-0.39, 0.29) is 0 Å². The summed E-state index contributed by atoms with van der Waals surface area (Å²) in [6.45, 7) is 0.950. The van der Waals surface area contributed by atoms with Gasteiger partial charge in [0.1, 0.15) is 6.17 Å². The molecule has 0 bridgehead atoms. The van der Waals surface area contributed by atoms with Gasteiger partial charge < -0.3 is 15.5 Å². The Bertz CT molecular complexity index is 359. The van der Waals surface area contributed by atoms with Gasteiger partial charge in [0, 0.05) is 12.4 Å². The predicted octanol–water partition coefficient (Wildman–Crippen LogP) is 1.32. The average molecular weight is 173 g/mol. The molecule has 3 rings (SSSR count). The molecule has 1 unspecified atom stereocenters. The van der Waals surface area contributed by atoms with Crippen molar-refractivity contribution < 1.29 is 0 Å². The van der Waals surface area contributed by atoms with Crippen molar-refractivity contribution in [2.45, 2.75) is 6.17 Å². The van der Waals surface area contributed by atoms with Crippen LogP contribution in [-0.2, 0) is 0 Å². The van der Waals surface area contributed by atoms with Crippen LogP contribution >= 0.6 is 0 Å². The fourth-order valence-corrected chi connectivity index (χ4v) is 1.88. The lowest BCUT2D eigenvalue weighted by Crippen LogP contribution is -2.42. The number of fused-ring (bicyclic) bond motifs is 3. The molecule has 2 heterocycles. The normalized spacial score (nSPS) is 23.1. The molecule has 0 saturated carbocycles. The van der Waals surface area contributed by atoms with Gasteiger partial charge in [0.25, 0.3) is 0 Å². The Kier molecular flexibility index (Phi) is 1.27. The zero-order valence-corrected chi connectivity index (χ0v) is 7.20. The lowest BCUT2D eigenvalue weighted by atomic mass is 10.3. The minimum absolute atomic E-state index is 0.377. The summed E-state index contributed by atoms with van der Waals surface area (Å²) in [4.78, 5) is 2.26. The van der Waals surface area contributed by atoms with E-state index in [4.69, 9.17) is 0 Å². The Balaban J connectivity index is 2.09. The topological polar surface area (TPSA) is 27.3 Å². The number of nitrogens with one attached hydrogen (secondary N) is 2. The number of benzene rings is 1. The molecule has 1 atom stereocenters. The Morgan fingerprint density at radius 3 is 3.23 bits per heavy atom. The second kappa shape index (κ2) is 2.42. The summed E-state index contributed by atoms with van der Waals surface area (Å²) in [6.07, 6.45) is 4.44. The Morgan fingerprint density at radius 2 is 2.23 bits per heavy atom. The highest BCUT2D eigenvalue weighted by molar-refractivity contribution is 5.77. The van der Waals surface area contributed by atoms with E-state index in [1.165, 1.54) is 11.4 Å². The van der Waals surface area contributed by atoms with Gasteiger partial charge in [0.2, 0.25) is 0 Å². The van der Waals surface area contributed by atoms with Gasteiger partial charge in [-0.1, -0.05) is 12.1 Å². The fourth-order valence-electron chi connectivity index (χ4n) is 1.88. The minimum Gasteiger partial charge on any atom is -0.386 e. The molecule has 0 fully saturated rings. The third-order valence-electron chi connectivity index (χ3n) is 2.50. The Labute approximate surface area is 77.0 Å². The maximum atomic E-state index is 3.45. The average Bonchev–Trinajstić information content (AvgIpc) is 2.56. The van der Waals surface area contributed by atoms with Crippen LogP contribution in [0.1, 0.15) is 0 Å². The van der Waals surface area contributed by atoms with Crippen molar-refractivity contribution in [2.75, 3.05) is 16.8 Å². The number of hydrogen-bond acceptors (Lipinski definition) is 3. The van der Waals surface area contributed by atoms with Crippen LogP contribution < -0.4 is 15.5 Å². The van der Waals surface area contributed by atoms with E-state index in [0.29, 0.717) is 6.17 Å². The van der Waals surface area contributed by atoms with Gasteiger partial charge in [-0.05, 0) is 12.1 Å². The number of anilines is 2. The molecule has 0 radical (unpaired) electrons. The largest absolute Gasteiger partial charge is 0.386 e. The molecule has 2 N–H and O–H groups in total. The van der Waals surface area contributed by atoms with Crippen LogP contribution in [0.15, 0.2) is 36.7 Å². The summed E-state index contributed by atoms with van der Waals surface area (Å²) in [5, 5.41) is 6.65. The highest BCUT2D eigenvalue weighted by Crippen LogP contribution is 2.34. The van der Waals surface area contributed by atoms with Crippen molar-refractivity contribution in [3.05, 3.63) is 36.7 Å². The zero-order valence-electron chi connectivity index (χ0n) is 7.20. The lowest BCUT2D eigenvalue weighted by molar-refractivity contribution is 0.665. The van der Waals surface area contributed by atoms with E-state index in [1.54, 1.807) is 0 Å². The third-order valence-corrected chi connectivity index (χ3v) is 2.50. The molecule has 1 aromatic rings. The second-order valence-corrected chi connectivity index (χ2v) is 3.31. The summed E-state index contributed by atoms with van der Waals surface area (Å²) in [6, 6.07) is 8.37. The third kappa shape index (κ3) is 0.900. The number of rotatable bonds is 0. The van der Waals surface area contributed by atoms with E-state index in [0.717, 1.165) is 6.54 Å². The monoisotopic (exact) mass is 173 g/mol. The van der Waals surface area contributed by atoms with Crippen LogP contribution in [0.3, 0.4) is 0 Å². The second-order valence-electron chi connectivity index (χ2n) is 3.31. The van der Waals surface area contributed by atoms with Crippen LogP contribution in [0.25, 0.3) is 0 Å². The summed E-state index contributed by atoms with van der Waals surface area (Å²) >= 11 is 0. The van der Waals surface area contributed by atoms with Crippen LogP contribution in [-0.4, -0.2) is 12.7 Å². The van der Waals surface area contributed by atoms with Crippen molar-refractivity contribution in [1.82, 2.24) is 5.32 Å². The van der Waals surface area contributed by atoms with Crippen molar-refractivity contribution in [1.29, 1.82) is 0 Å². The first-order valence-electron chi connectivity index (χ1n) is 4.49. The molecule has 0 amide bonds. The number of hydrogen-bond donors (Lipinski definition) is 2. The Hall–Kier alpha value is -1.64. The van der Waals surface area contributed by atoms with Gasteiger partial charge in [-0.3, -0.25) is 0 Å². The van der Waals surface area contributed by atoms with Crippen molar-refractivity contribution >= 4 is 11.4 Å². The molecular formula is C10H11N3. The summed E-state index contributed by atoms with van der Waals surface area (Å²) < 4.78 is 0. The van der Waals surface area contributed by atoms with E-state index in [2.05, 4.69) is 46.0 Å². The highest BCUT2D eigenvalue weighted by Gasteiger charge is 2.27. The number of nitrogens with zero attached hydrogens (tertiary/aromatic N) is 1. The van der Waals surface area contributed by atoms with Gasteiger partial charge >= 0.3 is 0 Å². The summed E-state index contributed by atoms with van der Waals surface area (Å²) in [7, 11) is 0. The molecule has 3 nitrogen and oxygen atoms in total. The van der Waals surface area contributed by atoms with Crippen molar-refractivity contribution in [3.63, 3.8) is 0 Å². The first kappa shape index (κ1) is 6.83. The molecule has 13 heavy (non-hydrogen) atoms. The van der Waals surface area contributed by atoms with Crippen molar-refractivity contribution in [3.8, 4) is 0 Å². The highest BCUT2D eigenvalue weighted by atomic mass is 15.3. The van der Waals surface area contributed by atoms with E-state index in [9.17, 15) is 0 Å². The van der Waals surface area contributed by atoms with Crippen LogP contribution in [0, 0.1) is 0 Å². The van der Waals surface area contributed by atoms with E-state index >= 15 is 0 Å². The van der Waals surface area contributed by atoms with Crippen LogP contribution in [0.5, 0.6) is 0 Å². The zero-order chi connectivity index (χ0) is 8.67. The van der Waals surface area contributed by atoms with Gasteiger partial charge in [-0.2, -0.15) is 0 Å². The molecular weight excluding hydrogens is 162 g/mol. The van der Waals surface area contributed by atoms with Gasteiger partial charge in [0.15, 0.2) is 0 Å². The molecule has 2 aliphatic heterocycles. The van der Waals surface area contributed by atoms with Gasteiger partial charge in [0.05, 0.1) is 17.9 Å². The molecule has 0 saturated heterocycles. The molecule has 0 spiro atoms. The van der Waals surface area contributed by atoms with Crippen LogP contribution in [0.2, 0.25) is 0 Å². The molecule has 0 aliphatic carbocycles. The van der Waals surface area contributed by atoms with Crippen molar-refractivity contribution in [2.24, 2.45) is 0 Å². The van der Waals surface area contributed by atoms with Gasteiger partial charge in [-0.25, -0.2) is 0 Å². The molecule has 1 aromatic carbocycles. The van der Waals surface area contributed by atoms with Gasteiger partial charge in [-0.15, -0.1) is 0 Å². The fraction of sp³-hybridized carbons (Fsp3) is 0.200. The first-order valence-corrected chi connectivity index (χ1v) is 4.49. The standard InChI is InChI=1S/C10H11N3/c1-2-4-9-8(3-1)12-10-7-11-5-6-13(9)10/h1-6,10-12H,7H2. The SMILES string of the molecule is C1=CN2c3ccccc3NC2CN1. The first-order chi connectivity index (χ1) is 6.45. The van der Waals surface area contributed by atoms with E-state index < -0.39 is 0 Å². The number of para-hydroxylation sites is 2. The summed E-state index contributed by atoms with van der Waals surface area (Å²) in [5.74, 6) is 0. The Morgan fingerprint density at radius 1 is 1.31 bits per heavy atom. The van der Waals surface area contributed by atoms with Crippen LogP contribution in [0.4, 0.5) is 11.4 Å². The maximum absolute atomic E-state index is 3.45. The molecule has 0 aromatic heterocycles. The molecule has 2 aliphatic rings. The smallest absolute Gasteiger partial charge is 0.121 e. The molecule has 66 valence electrons. The van der Waals surface area contributed by atoms with E-state index in [1.807, 2.05) is 6.20 Å².